The lowest BCUT2D eigenvalue weighted by Gasteiger charge is -2.30. The number of hydrogen-bond acceptors (Lipinski definition) is 3. The van der Waals surface area contributed by atoms with Crippen molar-refractivity contribution in [2.45, 2.75) is 31.8 Å². The first-order chi connectivity index (χ1) is 7.18. The van der Waals surface area contributed by atoms with Crippen LogP contribution in [0.15, 0.2) is 17.5 Å². The van der Waals surface area contributed by atoms with Crippen LogP contribution >= 0.6 is 11.3 Å². The van der Waals surface area contributed by atoms with Gasteiger partial charge < -0.3 is 9.84 Å². The summed E-state index contributed by atoms with van der Waals surface area (Å²) in [4.78, 5) is 1.08. The van der Waals surface area contributed by atoms with Crippen LogP contribution in [0.1, 0.15) is 31.1 Å². The van der Waals surface area contributed by atoms with Crippen molar-refractivity contribution in [3.8, 4) is 0 Å². The van der Waals surface area contributed by atoms with Gasteiger partial charge in [-0.05, 0) is 43.6 Å². The first kappa shape index (κ1) is 11.1. The molecule has 1 saturated heterocycles. The molecule has 15 heavy (non-hydrogen) atoms. The summed E-state index contributed by atoms with van der Waals surface area (Å²) in [5, 5.41) is 12.4. The molecular weight excluding hydrogens is 208 g/mol. The highest BCUT2D eigenvalue weighted by molar-refractivity contribution is 7.10. The standard InChI is InChI=1S/C12H18O2S/c1-12(13,11-3-2-8-15-11)9-10-4-6-14-7-5-10/h2-3,8,10,13H,4-7,9H2,1H3. The van der Waals surface area contributed by atoms with Gasteiger partial charge in [0.2, 0.25) is 0 Å². The third kappa shape index (κ3) is 2.80. The monoisotopic (exact) mass is 226 g/mol. The van der Waals surface area contributed by atoms with Crippen LogP contribution in [0.3, 0.4) is 0 Å². The molecule has 1 fully saturated rings. The van der Waals surface area contributed by atoms with Crippen molar-refractivity contribution in [3.63, 3.8) is 0 Å². The van der Waals surface area contributed by atoms with Gasteiger partial charge in [-0.3, -0.25) is 0 Å². The maximum Gasteiger partial charge on any atom is 0.0962 e. The van der Waals surface area contributed by atoms with Gasteiger partial charge in [-0.25, -0.2) is 0 Å². The first-order valence-electron chi connectivity index (χ1n) is 5.52. The molecule has 84 valence electrons. The number of ether oxygens (including phenoxy) is 1. The van der Waals surface area contributed by atoms with E-state index in [-0.39, 0.29) is 0 Å². The molecule has 0 saturated carbocycles. The van der Waals surface area contributed by atoms with Crippen LogP contribution in [0.5, 0.6) is 0 Å². The SMILES string of the molecule is CC(O)(CC1CCOCC1)c1cccs1. The lowest BCUT2D eigenvalue weighted by Crippen LogP contribution is -2.27. The molecule has 1 unspecified atom stereocenters. The van der Waals surface area contributed by atoms with Crippen molar-refractivity contribution in [1.29, 1.82) is 0 Å². The largest absolute Gasteiger partial charge is 0.385 e. The molecule has 0 aromatic carbocycles. The number of hydrogen-bond donors (Lipinski definition) is 1. The van der Waals surface area contributed by atoms with Crippen molar-refractivity contribution >= 4 is 11.3 Å². The minimum atomic E-state index is -0.657. The van der Waals surface area contributed by atoms with Gasteiger partial charge >= 0.3 is 0 Å². The predicted octanol–water partition coefficient (Wildman–Crippen LogP) is 2.77. The van der Waals surface area contributed by atoms with Crippen LogP contribution < -0.4 is 0 Å². The van der Waals surface area contributed by atoms with Crippen molar-refractivity contribution in [2.75, 3.05) is 13.2 Å². The van der Waals surface area contributed by atoms with E-state index in [1.807, 2.05) is 24.4 Å². The van der Waals surface area contributed by atoms with Crippen molar-refractivity contribution in [3.05, 3.63) is 22.4 Å². The Morgan fingerprint density at radius 1 is 1.53 bits per heavy atom. The van der Waals surface area contributed by atoms with E-state index in [4.69, 9.17) is 4.74 Å². The van der Waals surface area contributed by atoms with Gasteiger partial charge in [-0.2, -0.15) is 0 Å². The van der Waals surface area contributed by atoms with Crippen LogP contribution in [-0.4, -0.2) is 18.3 Å². The molecule has 2 nitrogen and oxygen atoms in total. The zero-order valence-electron chi connectivity index (χ0n) is 9.11. The average molecular weight is 226 g/mol. The molecule has 3 heteroatoms. The maximum atomic E-state index is 10.4. The van der Waals surface area contributed by atoms with Gasteiger partial charge in [0.1, 0.15) is 0 Å². The summed E-state index contributed by atoms with van der Waals surface area (Å²) in [6.45, 7) is 3.63. The zero-order chi connectivity index (χ0) is 10.7. The highest BCUT2D eigenvalue weighted by Gasteiger charge is 2.29. The Kier molecular flexibility index (Phi) is 3.44. The maximum absolute atomic E-state index is 10.4. The van der Waals surface area contributed by atoms with Crippen LogP contribution in [0.2, 0.25) is 0 Å². The molecule has 1 aromatic heterocycles. The third-order valence-corrected chi connectivity index (χ3v) is 4.20. The molecule has 2 heterocycles. The Morgan fingerprint density at radius 3 is 2.87 bits per heavy atom. The quantitative estimate of drug-likeness (QED) is 0.858. The molecule has 0 radical (unpaired) electrons. The van der Waals surface area contributed by atoms with Crippen LogP contribution in [0, 0.1) is 5.92 Å². The van der Waals surface area contributed by atoms with E-state index in [2.05, 4.69) is 0 Å². The van der Waals surface area contributed by atoms with Gasteiger partial charge in [0.15, 0.2) is 0 Å². The first-order valence-corrected chi connectivity index (χ1v) is 6.40. The predicted molar refractivity (Wildman–Crippen MR) is 62.0 cm³/mol. The molecule has 1 aliphatic rings. The summed E-state index contributed by atoms with van der Waals surface area (Å²) in [7, 11) is 0. The van der Waals surface area contributed by atoms with Gasteiger partial charge in [0, 0.05) is 18.1 Å². The number of thiophene rings is 1. The van der Waals surface area contributed by atoms with E-state index >= 15 is 0 Å². The Hall–Kier alpha value is -0.380. The van der Waals surface area contributed by atoms with Gasteiger partial charge in [0.25, 0.3) is 0 Å². The fraction of sp³-hybridized carbons (Fsp3) is 0.667. The molecule has 1 N–H and O–H groups in total. The summed E-state index contributed by atoms with van der Waals surface area (Å²) in [5.41, 5.74) is -0.657. The summed E-state index contributed by atoms with van der Waals surface area (Å²) in [6, 6.07) is 4.02. The Labute approximate surface area is 94.9 Å². The van der Waals surface area contributed by atoms with Crippen molar-refractivity contribution in [2.24, 2.45) is 5.92 Å². The second kappa shape index (κ2) is 4.64. The minimum Gasteiger partial charge on any atom is -0.385 e. The van der Waals surface area contributed by atoms with Gasteiger partial charge in [-0.15, -0.1) is 11.3 Å². The van der Waals surface area contributed by atoms with E-state index in [1.54, 1.807) is 11.3 Å². The summed E-state index contributed by atoms with van der Waals surface area (Å²) in [6.07, 6.45) is 3.03. The Bertz CT molecular complexity index is 287. The molecule has 2 rings (SSSR count). The Morgan fingerprint density at radius 2 is 2.27 bits per heavy atom. The van der Waals surface area contributed by atoms with Gasteiger partial charge in [-0.1, -0.05) is 6.07 Å². The topological polar surface area (TPSA) is 29.5 Å². The minimum absolute atomic E-state index is 0.607. The molecule has 0 aliphatic carbocycles. The molecule has 0 bridgehead atoms. The molecule has 1 atom stereocenters. The Balaban J connectivity index is 1.97. The van der Waals surface area contributed by atoms with E-state index in [0.717, 1.165) is 37.4 Å². The normalized spacial score (nSPS) is 22.5. The van der Waals surface area contributed by atoms with Crippen molar-refractivity contribution < 1.29 is 9.84 Å². The lowest BCUT2D eigenvalue weighted by atomic mass is 9.86. The third-order valence-electron chi connectivity index (χ3n) is 3.08. The second-order valence-electron chi connectivity index (χ2n) is 4.51. The zero-order valence-corrected chi connectivity index (χ0v) is 9.93. The van der Waals surface area contributed by atoms with Crippen LogP contribution in [-0.2, 0) is 10.3 Å². The van der Waals surface area contributed by atoms with E-state index in [9.17, 15) is 5.11 Å². The summed E-state index contributed by atoms with van der Waals surface area (Å²) >= 11 is 1.64. The second-order valence-corrected chi connectivity index (χ2v) is 5.46. The molecule has 1 aromatic rings. The molecule has 0 spiro atoms. The summed E-state index contributed by atoms with van der Waals surface area (Å²) in [5.74, 6) is 0.607. The van der Waals surface area contributed by atoms with Crippen LogP contribution in [0.4, 0.5) is 0 Å². The van der Waals surface area contributed by atoms with Crippen LogP contribution in [0.25, 0.3) is 0 Å². The summed E-state index contributed by atoms with van der Waals surface area (Å²) < 4.78 is 5.33. The molecule has 0 amide bonds. The van der Waals surface area contributed by atoms with E-state index in [0.29, 0.717) is 5.92 Å². The number of rotatable bonds is 3. The highest BCUT2D eigenvalue weighted by atomic mass is 32.1. The fourth-order valence-corrected chi connectivity index (χ4v) is 3.00. The lowest BCUT2D eigenvalue weighted by molar-refractivity contribution is -0.000818. The van der Waals surface area contributed by atoms with Gasteiger partial charge in [0.05, 0.1) is 5.60 Å². The van der Waals surface area contributed by atoms with E-state index < -0.39 is 5.60 Å². The fourth-order valence-electron chi connectivity index (χ4n) is 2.20. The number of aliphatic hydroxyl groups is 1. The smallest absolute Gasteiger partial charge is 0.0962 e. The highest BCUT2D eigenvalue weighted by Crippen LogP contribution is 2.34. The molecular formula is C12H18O2S. The van der Waals surface area contributed by atoms with E-state index in [1.165, 1.54) is 0 Å². The average Bonchev–Trinajstić information content (AvgIpc) is 2.71. The van der Waals surface area contributed by atoms with Crippen molar-refractivity contribution in [1.82, 2.24) is 0 Å². The molecule has 1 aliphatic heterocycles.